The van der Waals surface area contributed by atoms with Crippen LogP contribution in [-0.4, -0.2) is 24.6 Å². The molecule has 0 saturated carbocycles. The fourth-order valence-electron chi connectivity index (χ4n) is 12.7. The van der Waals surface area contributed by atoms with Gasteiger partial charge in [0.05, 0.1) is 24.6 Å². The van der Waals surface area contributed by atoms with E-state index in [1.165, 1.54) is 385 Å². The highest BCUT2D eigenvalue weighted by molar-refractivity contribution is 7.75. The van der Waals surface area contributed by atoms with E-state index in [9.17, 15) is 0 Å². The van der Waals surface area contributed by atoms with Crippen molar-refractivity contribution in [2.45, 2.75) is 439 Å². The van der Waals surface area contributed by atoms with Crippen LogP contribution in [0.25, 0.3) is 0 Å². The molecule has 0 heterocycles. The van der Waals surface area contributed by atoms with Crippen LogP contribution in [0.3, 0.4) is 0 Å². The van der Waals surface area contributed by atoms with E-state index >= 15 is 0 Å². The van der Waals surface area contributed by atoms with Gasteiger partial charge in [-0.15, -0.1) is 0 Å². The van der Waals surface area contributed by atoms with Gasteiger partial charge in [0.25, 0.3) is 0 Å². The SMILES string of the molecule is CCCCCCCCCCCCCCCCCCC[P+](CCCCCCCCCCCCCCC)(CCCCCCCCCCCCCCCCCCC)CCCCCCCCCCCCCCCCCCC. The summed E-state index contributed by atoms with van der Waals surface area (Å²) in [7, 11) is -0.848. The van der Waals surface area contributed by atoms with E-state index in [0.717, 1.165) is 0 Å². The first-order valence-electron chi connectivity index (χ1n) is 36.1. The van der Waals surface area contributed by atoms with Crippen LogP contribution in [-0.2, 0) is 0 Å². The van der Waals surface area contributed by atoms with Gasteiger partial charge in [0.1, 0.15) is 0 Å². The summed E-state index contributed by atoms with van der Waals surface area (Å²) in [6.07, 6.45) is 102. The molecular formula is C72H148P+. The summed E-state index contributed by atoms with van der Waals surface area (Å²) < 4.78 is 0. The molecule has 0 nitrogen and oxygen atoms in total. The monoisotopic (exact) mass is 1040 g/mol. The van der Waals surface area contributed by atoms with Crippen LogP contribution in [0.2, 0.25) is 0 Å². The second-order valence-electron chi connectivity index (χ2n) is 25.4. The summed E-state index contributed by atoms with van der Waals surface area (Å²) in [6.45, 7) is 9.34. The third-order valence-corrected chi connectivity index (χ3v) is 23.0. The van der Waals surface area contributed by atoms with Crippen molar-refractivity contribution >= 4 is 7.26 Å². The Morgan fingerprint density at radius 3 is 0.288 bits per heavy atom. The van der Waals surface area contributed by atoms with E-state index < -0.39 is 7.26 Å². The van der Waals surface area contributed by atoms with Gasteiger partial charge in [0, 0.05) is 7.26 Å². The predicted molar refractivity (Wildman–Crippen MR) is 345 cm³/mol. The first kappa shape index (κ1) is 73.4. The lowest BCUT2D eigenvalue weighted by atomic mass is 10.0. The molecule has 1 heteroatoms. The van der Waals surface area contributed by atoms with E-state index in [0.29, 0.717) is 0 Å². The van der Waals surface area contributed by atoms with Gasteiger partial charge in [0.2, 0.25) is 0 Å². The van der Waals surface area contributed by atoms with E-state index in [4.69, 9.17) is 0 Å². The minimum Gasteiger partial charge on any atom is -0.0654 e. The van der Waals surface area contributed by atoms with Gasteiger partial charge in [-0.1, -0.05) is 387 Å². The average Bonchev–Trinajstić information content (AvgIpc) is 3.40. The fourth-order valence-corrected chi connectivity index (χ4v) is 17.6. The molecule has 440 valence electrons. The molecule has 0 N–H and O–H groups in total. The molecule has 0 fully saturated rings. The van der Waals surface area contributed by atoms with Crippen LogP contribution < -0.4 is 0 Å². The number of unbranched alkanes of at least 4 members (excludes halogenated alkanes) is 60. The van der Waals surface area contributed by atoms with Gasteiger partial charge in [-0.2, -0.15) is 0 Å². The maximum absolute atomic E-state index is 2.34. The van der Waals surface area contributed by atoms with Crippen molar-refractivity contribution in [1.82, 2.24) is 0 Å². The van der Waals surface area contributed by atoms with E-state index in [-0.39, 0.29) is 0 Å². The maximum Gasteiger partial charge on any atom is 0.0594 e. The molecule has 0 aromatic rings. The van der Waals surface area contributed by atoms with Gasteiger partial charge < -0.3 is 0 Å². The lowest BCUT2D eigenvalue weighted by molar-refractivity contribution is 0.528. The molecule has 0 aliphatic heterocycles. The van der Waals surface area contributed by atoms with Gasteiger partial charge in [-0.3, -0.25) is 0 Å². The Labute approximate surface area is 468 Å². The first-order chi connectivity index (χ1) is 36.2. The lowest BCUT2D eigenvalue weighted by Crippen LogP contribution is -2.13. The van der Waals surface area contributed by atoms with Crippen molar-refractivity contribution < 1.29 is 0 Å². The highest BCUT2D eigenvalue weighted by Crippen LogP contribution is 2.61. The van der Waals surface area contributed by atoms with Crippen LogP contribution >= 0.6 is 7.26 Å². The second-order valence-corrected chi connectivity index (χ2v) is 29.9. The normalized spacial score (nSPS) is 12.0. The van der Waals surface area contributed by atoms with E-state index in [1.54, 1.807) is 50.3 Å². The smallest absolute Gasteiger partial charge is 0.0594 e. The van der Waals surface area contributed by atoms with Crippen molar-refractivity contribution in [3.63, 3.8) is 0 Å². The Balaban J connectivity index is 4.93. The molecular weight excluding hydrogens is 896 g/mol. The zero-order valence-corrected chi connectivity index (χ0v) is 53.4. The van der Waals surface area contributed by atoms with Crippen LogP contribution in [0.5, 0.6) is 0 Å². The summed E-state index contributed by atoms with van der Waals surface area (Å²) in [5.41, 5.74) is 0. The summed E-state index contributed by atoms with van der Waals surface area (Å²) in [6, 6.07) is 0. The van der Waals surface area contributed by atoms with Crippen molar-refractivity contribution in [2.24, 2.45) is 0 Å². The van der Waals surface area contributed by atoms with Crippen molar-refractivity contribution in [2.75, 3.05) is 24.6 Å². The van der Waals surface area contributed by atoms with Crippen LogP contribution in [0, 0.1) is 0 Å². The molecule has 0 aromatic heterocycles. The van der Waals surface area contributed by atoms with Crippen molar-refractivity contribution in [3.05, 3.63) is 0 Å². The molecule has 0 unspecified atom stereocenters. The molecule has 0 spiro atoms. The molecule has 0 amide bonds. The minimum atomic E-state index is -0.848. The topological polar surface area (TPSA) is 0 Å². The van der Waals surface area contributed by atoms with Gasteiger partial charge in [0.15, 0.2) is 0 Å². The average molecular weight is 1040 g/mol. The first-order valence-corrected chi connectivity index (χ1v) is 38.6. The second kappa shape index (κ2) is 66.7. The Morgan fingerprint density at radius 2 is 0.192 bits per heavy atom. The van der Waals surface area contributed by atoms with Gasteiger partial charge >= 0.3 is 0 Å². The zero-order chi connectivity index (χ0) is 52.6. The number of hydrogen-bond donors (Lipinski definition) is 0. The Kier molecular flexibility index (Phi) is 67.1. The molecule has 0 bridgehead atoms. The Bertz CT molecular complexity index is 832. The van der Waals surface area contributed by atoms with E-state index in [1.807, 2.05) is 0 Å². The molecule has 73 heavy (non-hydrogen) atoms. The van der Waals surface area contributed by atoms with Gasteiger partial charge in [-0.25, -0.2) is 0 Å². The Hall–Kier alpha value is 0.430. The molecule has 0 radical (unpaired) electrons. The minimum absolute atomic E-state index is 0.848. The largest absolute Gasteiger partial charge is 0.0654 e. The molecule has 0 saturated heterocycles. The van der Waals surface area contributed by atoms with E-state index in [2.05, 4.69) is 27.7 Å². The maximum atomic E-state index is 2.34. The molecule has 0 aromatic carbocycles. The predicted octanol–water partition coefficient (Wildman–Crippen LogP) is 28.1. The fraction of sp³-hybridized carbons (Fsp3) is 1.00. The highest BCUT2D eigenvalue weighted by Gasteiger charge is 2.35. The lowest BCUT2D eigenvalue weighted by Gasteiger charge is -2.28. The number of rotatable bonds is 68. The summed E-state index contributed by atoms with van der Waals surface area (Å²) >= 11 is 0. The summed E-state index contributed by atoms with van der Waals surface area (Å²) in [5.74, 6) is 0. The van der Waals surface area contributed by atoms with Crippen LogP contribution in [0.15, 0.2) is 0 Å². The highest BCUT2D eigenvalue weighted by atomic mass is 31.2. The molecule has 0 atom stereocenters. The molecule has 0 aliphatic carbocycles. The number of hydrogen-bond acceptors (Lipinski definition) is 0. The van der Waals surface area contributed by atoms with Gasteiger partial charge in [-0.05, 0) is 51.4 Å². The van der Waals surface area contributed by atoms with Crippen molar-refractivity contribution in [1.29, 1.82) is 0 Å². The molecule has 0 aliphatic rings. The standard InChI is InChI=1S/C72H148P/c1-5-9-13-17-21-25-29-33-36-39-42-46-50-54-58-62-66-70-73(69-65-61-57-53-49-45-32-28-24-20-16-12-8-4,71-67-63-59-55-51-47-43-40-37-34-30-26-22-18-14-10-6-2)72-68-64-60-56-52-48-44-41-38-35-31-27-23-19-15-11-7-3/h5-72H2,1-4H3/q+1. The third kappa shape index (κ3) is 61.5. The van der Waals surface area contributed by atoms with Crippen LogP contribution in [0.1, 0.15) is 439 Å². The molecule has 0 rings (SSSR count). The zero-order valence-electron chi connectivity index (χ0n) is 52.5. The van der Waals surface area contributed by atoms with Crippen LogP contribution in [0.4, 0.5) is 0 Å². The summed E-state index contributed by atoms with van der Waals surface area (Å²) in [4.78, 5) is 0. The Morgan fingerprint density at radius 1 is 0.110 bits per heavy atom. The summed E-state index contributed by atoms with van der Waals surface area (Å²) in [5, 5.41) is 0. The third-order valence-electron chi connectivity index (χ3n) is 17.9. The quantitative estimate of drug-likeness (QED) is 0.0421. The van der Waals surface area contributed by atoms with Crippen molar-refractivity contribution in [3.8, 4) is 0 Å².